The highest BCUT2D eigenvalue weighted by molar-refractivity contribution is 9.09. The highest BCUT2D eigenvalue weighted by atomic mass is 79.9. The minimum absolute atomic E-state index is 0.269. The van der Waals surface area contributed by atoms with Crippen molar-refractivity contribution < 1.29 is 4.79 Å². The van der Waals surface area contributed by atoms with Gasteiger partial charge in [-0.1, -0.05) is 43.6 Å². The molecule has 1 nitrogen and oxygen atoms in total. The molecule has 0 aromatic rings. The summed E-state index contributed by atoms with van der Waals surface area (Å²) < 4.78 is 0. The summed E-state index contributed by atoms with van der Waals surface area (Å²) in [7, 11) is 0. The molecular weight excluding hydrogens is 276 g/mol. The van der Waals surface area contributed by atoms with Gasteiger partial charge >= 0.3 is 0 Å². The lowest BCUT2D eigenvalue weighted by Crippen LogP contribution is -2.63. The minimum atomic E-state index is 0.269. The molecule has 0 heterocycles. The lowest BCUT2D eigenvalue weighted by Gasteiger charge is -2.67. The van der Waals surface area contributed by atoms with Crippen molar-refractivity contribution in [1.82, 2.24) is 0 Å². The number of carbonyl (C=O) groups is 1. The van der Waals surface area contributed by atoms with E-state index >= 15 is 0 Å². The standard InChI is InChI=1S/C15H23BrO/c1-9-7-11(17)10(2)15-6-5-13(15,3)12(16)8-14(9,15)4/h9-10,12H,5-8H2,1-4H3. The highest BCUT2D eigenvalue weighted by Crippen LogP contribution is 2.80. The zero-order valence-electron chi connectivity index (χ0n) is 11.3. The zero-order chi connectivity index (χ0) is 12.6. The number of carbonyl (C=O) groups excluding carboxylic acids is 1. The van der Waals surface area contributed by atoms with Crippen molar-refractivity contribution in [3.05, 3.63) is 0 Å². The molecule has 96 valence electrons. The van der Waals surface area contributed by atoms with Crippen LogP contribution in [0.1, 0.15) is 53.4 Å². The molecule has 0 aliphatic heterocycles. The fraction of sp³-hybridized carbons (Fsp3) is 0.933. The summed E-state index contributed by atoms with van der Waals surface area (Å²) >= 11 is 3.94. The van der Waals surface area contributed by atoms with Gasteiger partial charge in [0.1, 0.15) is 5.78 Å². The van der Waals surface area contributed by atoms with Gasteiger partial charge in [-0.25, -0.2) is 0 Å². The molecule has 17 heavy (non-hydrogen) atoms. The van der Waals surface area contributed by atoms with Crippen molar-refractivity contribution in [2.75, 3.05) is 0 Å². The lowest BCUT2D eigenvalue weighted by molar-refractivity contribution is -0.191. The average Bonchev–Trinajstić information content (AvgIpc) is 2.34. The van der Waals surface area contributed by atoms with Crippen molar-refractivity contribution >= 4 is 21.7 Å². The average molecular weight is 299 g/mol. The fourth-order valence-corrected chi connectivity index (χ4v) is 7.08. The first-order valence-corrected chi connectivity index (χ1v) is 7.88. The van der Waals surface area contributed by atoms with Gasteiger partial charge in [0.05, 0.1) is 0 Å². The first-order chi connectivity index (χ1) is 7.79. The molecule has 3 aliphatic carbocycles. The molecule has 0 N–H and O–H groups in total. The Bertz CT molecular complexity index is 392. The predicted octanol–water partition coefficient (Wildman–Crippen LogP) is 4.19. The van der Waals surface area contributed by atoms with Crippen LogP contribution in [0, 0.1) is 28.1 Å². The van der Waals surface area contributed by atoms with Crippen LogP contribution < -0.4 is 0 Å². The second-order valence-corrected chi connectivity index (χ2v) is 8.38. The van der Waals surface area contributed by atoms with Crippen LogP contribution in [0.3, 0.4) is 0 Å². The van der Waals surface area contributed by atoms with Gasteiger partial charge in [-0.2, -0.15) is 0 Å². The van der Waals surface area contributed by atoms with Crippen molar-refractivity contribution in [2.45, 2.75) is 58.2 Å². The van der Waals surface area contributed by atoms with Crippen LogP contribution in [0.5, 0.6) is 0 Å². The molecule has 0 amide bonds. The summed E-state index contributed by atoms with van der Waals surface area (Å²) in [4.78, 5) is 12.9. The Kier molecular flexibility index (Phi) is 2.28. The molecule has 1 spiro atoms. The minimum Gasteiger partial charge on any atom is -0.299 e. The maximum Gasteiger partial charge on any atom is 0.136 e. The van der Waals surface area contributed by atoms with Gasteiger partial charge in [0.25, 0.3) is 0 Å². The van der Waals surface area contributed by atoms with Gasteiger partial charge in [-0.3, -0.25) is 4.79 Å². The van der Waals surface area contributed by atoms with Crippen LogP contribution >= 0.6 is 15.9 Å². The molecule has 3 aliphatic rings. The van der Waals surface area contributed by atoms with Gasteiger partial charge in [0.2, 0.25) is 0 Å². The first kappa shape index (κ1) is 12.2. The Balaban J connectivity index is 2.17. The molecule has 0 bridgehead atoms. The third kappa shape index (κ3) is 1.03. The Morgan fingerprint density at radius 1 is 1.18 bits per heavy atom. The molecule has 3 fully saturated rings. The molecule has 0 aromatic heterocycles. The Labute approximate surface area is 113 Å². The summed E-state index contributed by atoms with van der Waals surface area (Å²) in [6.45, 7) is 9.38. The lowest BCUT2D eigenvalue weighted by atomic mass is 9.37. The maximum absolute atomic E-state index is 12.3. The SMILES string of the molecule is CC1CC(=O)C(C)C23CCC2(C)C(Br)CC13C. The second kappa shape index (κ2) is 3.18. The number of halogens is 1. The van der Waals surface area contributed by atoms with E-state index in [4.69, 9.17) is 0 Å². The summed E-state index contributed by atoms with van der Waals surface area (Å²) in [5.41, 5.74) is 0.996. The largest absolute Gasteiger partial charge is 0.299 e. The van der Waals surface area contributed by atoms with Gasteiger partial charge in [-0.15, -0.1) is 0 Å². The van der Waals surface area contributed by atoms with E-state index in [1.165, 1.54) is 19.3 Å². The van der Waals surface area contributed by atoms with Crippen molar-refractivity contribution in [3.63, 3.8) is 0 Å². The summed E-state index contributed by atoms with van der Waals surface area (Å²) in [5, 5.41) is 0. The molecule has 0 aromatic carbocycles. The Morgan fingerprint density at radius 2 is 1.82 bits per heavy atom. The van der Waals surface area contributed by atoms with Crippen LogP contribution in [0.25, 0.3) is 0 Å². The zero-order valence-corrected chi connectivity index (χ0v) is 12.9. The van der Waals surface area contributed by atoms with Crippen molar-refractivity contribution in [1.29, 1.82) is 0 Å². The predicted molar refractivity (Wildman–Crippen MR) is 73.2 cm³/mol. The van der Waals surface area contributed by atoms with Gasteiger partial charge in [0.15, 0.2) is 0 Å². The van der Waals surface area contributed by atoms with E-state index in [0.29, 0.717) is 27.4 Å². The van der Waals surface area contributed by atoms with E-state index in [1.54, 1.807) is 0 Å². The molecule has 6 unspecified atom stereocenters. The Hall–Kier alpha value is 0.150. The highest BCUT2D eigenvalue weighted by Gasteiger charge is 2.76. The molecule has 0 saturated heterocycles. The smallest absolute Gasteiger partial charge is 0.136 e. The van der Waals surface area contributed by atoms with Gasteiger partial charge in [0, 0.05) is 17.2 Å². The van der Waals surface area contributed by atoms with E-state index in [9.17, 15) is 4.79 Å². The summed E-state index contributed by atoms with van der Waals surface area (Å²) in [6.07, 6.45) is 4.61. The number of alkyl halides is 1. The van der Waals surface area contributed by atoms with Crippen molar-refractivity contribution in [3.8, 4) is 0 Å². The third-order valence-electron chi connectivity index (χ3n) is 7.19. The van der Waals surface area contributed by atoms with E-state index in [-0.39, 0.29) is 11.3 Å². The topological polar surface area (TPSA) is 17.1 Å². The fourth-order valence-electron chi connectivity index (χ4n) is 5.77. The second-order valence-electron chi connectivity index (χ2n) is 7.27. The van der Waals surface area contributed by atoms with Crippen LogP contribution in [-0.2, 0) is 4.79 Å². The van der Waals surface area contributed by atoms with Crippen LogP contribution in [0.15, 0.2) is 0 Å². The van der Waals surface area contributed by atoms with Gasteiger partial charge in [-0.05, 0) is 41.4 Å². The van der Waals surface area contributed by atoms with Crippen molar-refractivity contribution in [2.24, 2.45) is 28.1 Å². The van der Waals surface area contributed by atoms with Crippen LogP contribution in [0.4, 0.5) is 0 Å². The molecular formula is C15H23BrO. The maximum atomic E-state index is 12.3. The molecule has 6 atom stereocenters. The number of Topliss-reactive ketones (excluding diaryl/α,β-unsaturated/α-hetero) is 1. The van der Waals surface area contributed by atoms with E-state index < -0.39 is 0 Å². The third-order valence-corrected chi connectivity index (χ3v) is 8.52. The van der Waals surface area contributed by atoms with E-state index in [1.807, 2.05) is 0 Å². The van der Waals surface area contributed by atoms with Crippen LogP contribution in [0.2, 0.25) is 0 Å². The first-order valence-electron chi connectivity index (χ1n) is 6.96. The summed E-state index contributed by atoms with van der Waals surface area (Å²) in [6, 6.07) is 0. The quantitative estimate of drug-likeness (QED) is 0.613. The molecule has 3 rings (SSSR count). The number of hydrogen-bond donors (Lipinski definition) is 0. The number of ketones is 1. The monoisotopic (exact) mass is 298 g/mol. The van der Waals surface area contributed by atoms with E-state index in [0.717, 1.165) is 6.42 Å². The number of rotatable bonds is 0. The van der Waals surface area contributed by atoms with Gasteiger partial charge < -0.3 is 0 Å². The molecule has 2 heteroatoms. The van der Waals surface area contributed by atoms with Crippen LogP contribution in [-0.4, -0.2) is 10.6 Å². The number of hydrogen-bond acceptors (Lipinski definition) is 1. The molecule has 0 radical (unpaired) electrons. The summed E-state index contributed by atoms with van der Waals surface area (Å²) in [5.74, 6) is 1.33. The molecule has 3 saturated carbocycles. The van der Waals surface area contributed by atoms with E-state index in [2.05, 4.69) is 43.6 Å². The normalized spacial score (nSPS) is 61.7. The Morgan fingerprint density at radius 3 is 2.35 bits per heavy atom.